The molecule has 0 aromatic heterocycles. The van der Waals surface area contributed by atoms with E-state index in [1.54, 1.807) is 23.9 Å². The number of sulfonamides is 1. The fourth-order valence-corrected chi connectivity index (χ4v) is 3.29. The zero-order chi connectivity index (χ0) is 14.8. The lowest BCUT2D eigenvalue weighted by Crippen LogP contribution is -2.14. The molecule has 0 atom stereocenters. The van der Waals surface area contributed by atoms with E-state index < -0.39 is 10.0 Å². The molecule has 7 heteroatoms. The summed E-state index contributed by atoms with van der Waals surface area (Å²) in [4.78, 5) is 0.832. The first-order chi connectivity index (χ1) is 9.36. The maximum Gasteiger partial charge on any atom is 0.240 e. The third kappa shape index (κ3) is 3.89. The van der Waals surface area contributed by atoms with E-state index in [9.17, 15) is 8.42 Å². The van der Waals surface area contributed by atoms with Crippen molar-refractivity contribution < 1.29 is 8.42 Å². The maximum absolute atomic E-state index is 11.3. The molecule has 0 aliphatic carbocycles. The zero-order valence-electron chi connectivity index (χ0n) is 10.4. The summed E-state index contributed by atoms with van der Waals surface area (Å²) in [7, 11) is -3.77. The van der Waals surface area contributed by atoms with E-state index in [1.165, 1.54) is 6.07 Å². The summed E-state index contributed by atoms with van der Waals surface area (Å²) >= 11 is 7.37. The number of nitrogen functional groups attached to an aromatic ring is 1. The standard InChI is InChI=1S/C13H13ClN2O2S2/c14-10-3-1-9(2-4-10)8-19-11-5-6-13(12(15)7-11)20(16,17)18/h1-7H,8,15H2,(H2,16,17,18). The minimum atomic E-state index is -3.77. The molecule has 0 saturated carbocycles. The van der Waals surface area contributed by atoms with Gasteiger partial charge in [-0.1, -0.05) is 23.7 Å². The van der Waals surface area contributed by atoms with Crippen LogP contribution in [0.5, 0.6) is 0 Å². The Morgan fingerprint density at radius 2 is 1.75 bits per heavy atom. The van der Waals surface area contributed by atoms with Crippen LogP contribution < -0.4 is 10.9 Å². The average Bonchev–Trinajstić information content (AvgIpc) is 2.36. The Bertz CT molecular complexity index is 716. The van der Waals surface area contributed by atoms with E-state index in [-0.39, 0.29) is 10.6 Å². The van der Waals surface area contributed by atoms with Crippen molar-refractivity contribution in [2.75, 3.05) is 5.73 Å². The fourth-order valence-electron chi connectivity index (χ4n) is 1.62. The quantitative estimate of drug-likeness (QED) is 0.667. The number of nitrogens with two attached hydrogens (primary N) is 2. The van der Waals surface area contributed by atoms with Gasteiger partial charge in [0.05, 0.1) is 5.69 Å². The van der Waals surface area contributed by atoms with Crippen molar-refractivity contribution in [3.63, 3.8) is 0 Å². The number of anilines is 1. The Kier molecular flexibility index (Phi) is 4.59. The summed E-state index contributed by atoms with van der Waals surface area (Å²) in [5.74, 6) is 0.741. The number of primary sulfonamides is 1. The zero-order valence-corrected chi connectivity index (χ0v) is 12.8. The summed E-state index contributed by atoms with van der Waals surface area (Å²) in [5, 5.41) is 5.75. The second-order valence-electron chi connectivity index (χ2n) is 4.16. The second-order valence-corrected chi connectivity index (χ2v) is 7.17. The first kappa shape index (κ1) is 15.2. The van der Waals surface area contributed by atoms with Gasteiger partial charge in [0.2, 0.25) is 10.0 Å². The van der Waals surface area contributed by atoms with Crippen molar-refractivity contribution in [3.05, 3.63) is 53.1 Å². The van der Waals surface area contributed by atoms with Gasteiger partial charge in [0.1, 0.15) is 4.90 Å². The normalized spacial score (nSPS) is 11.5. The minimum absolute atomic E-state index is 0.0478. The van der Waals surface area contributed by atoms with Gasteiger partial charge in [-0.25, -0.2) is 13.6 Å². The molecule has 0 fully saturated rings. The van der Waals surface area contributed by atoms with Crippen molar-refractivity contribution in [2.45, 2.75) is 15.5 Å². The Labute approximate surface area is 127 Å². The molecule has 0 unspecified atom stereocenters. The summed E-state index contributed by atoms with van der Waals surface area (Å²) in [6.45, 7) is 0. The number of thioether (sulfide) groups is 1. The Morgan fingerprint density at radius 1 is 1.10 bits per heavy atom. The van der Waals surface area contributed by atoms with Gasteiger partial charge in [0, 0.05) is 15.7 Å². The van der Waals surface area contributed by atoms with Gasteiger partial charge in [-0.15, -0.1) is 11.8 Å². The lowest BCUT2D eigenvalue weighted by atomic mass is 10.2. The van der Waals surface area contributed by atoms with Gasteiger partial charge in [-0.3, -0.25) is 0 Å². The molecule has 4 nitrogen and oxygen atoms in total. The first-order valence-electron chi connectivity index (χ1n) is 5.66. The topological polar surface area (TPSA) is 86.2 Å². The highest BCUT2D eigenvalue weighted by atomic mass is 35.5. The van der Waals surface area contributed by atoms with Crippen molar-refractivity contribution in [1.29, 1.82) is 0 Å². The Hall–Kier alpha value is -1.21. The van der Waals surface area contributed by atoms with Crippen molar-refractivity contribution >= 4 is 39.1 Å². The summed E-state index contributed by atoms with van der Waals surface area (Å²) < 4.78 is 22.5. The van der Waals surface area contributed by atoms with Crippen LogP contribution in [0.25, 0.3) is 0 Å². The molecule has 0 saturated heterocycles. The van der Waals surface area contributed by atoms with Crippen LogP contribution in [0.4, 0.5) is 5.69 Å². The Balaban J connectivity index is 2.11. The van der Waals surface area contributed by atoms with E-state index >= 15 is 0 Å². The van der Waals surface area contributed by atoms with Gasteiger partial charge in [-0.2, -0.15) is 0 Å². The number of hydrogen-bond acceptors (Lipinski definition) is 4. The molecule has 2 aromatic rings. The molecule has 2 aromatic carbocycles. The van der Waals surface area contributed by atoms with Crippen LogP contribution in [0.2, 0.25) is 5.02 Å². The first-order valence-corrected chi connectivity index (χ1v) is 8.57. The highest BCUT2D eigenvalue weighted by molar-refractivity contribution is 7.98. The van der Waals surface area contributed by atoms with Crippen molar-refractivity contribution in [1.82, 2.24) is 0 Å². The average molecular weight is 329 g/mol. The lowest BCUT2D eigenvalue weighted by Gasteiger charge is -2.07. The van der Waals surface area contributed by atoms with E-state index in [1.807, 2.05) is 24.3 Å². The molecular weight excluding hydrogens is 316 g/mol. The van der Waals surface area contributed by atoms with Crippen LogP contribution in [0.3, 0.4) is 0 Å². The molecule has 0 aliphatic heterocycles. The largest absolute Gasteiger partial charge is 0.398 e. The minimum Gasteiger partial charge on any atom is -0.398 e. The van der Waals surface area contributed by atoms with Crippen LogP contribution in [0.1, 0.15) is 5.56 Å². The van der Waals surface area contributed by atoms with Crippen LogP contribution in [0.15, 0.2) is 52.3 Å². The molecule has 2 rings (SSSR count). The summed E-state index contributed by atoms with van der Waals surface area (Å²) in [6, 6.07) is 12.3. The van der Waals surface area contributed by atoms with Crippen molar-refractivity contribution in [2.24, 2.45) is 5.14 Å². The molecule has 0 radical (unpaired) electrons. The van der Waals surface area contributed by atoms with Gasteiger partial charge in [0.15, 0.2) is 0 Å². The van der Waals surface area contributed by atoms with Crippen LogP contribution in [-0.4, -0.2) is 8.42 Å². The number of rotatable bonds is 4. The van der Waals surface area contributed by atoms with Gasteiger partial charge in [-0.05, 0) is 35.9 Å². The van der Waals surface area contributed by atoms with Crippen LogP contribution in [0, 0.1) is 0 Å². The van der Waals surface area contributed by atoms with E-state index in [4.69, 9.17) is 22.5 Å². The van der Waals surface area contributed by atoms with Crippen LogP contribution >= 0.6 is 23.4 Å². The molecule has 20 heavy (non-hydrogen) atoms. The van der Waals surface area contributed by atoms with Gasteiger partial charge >= 0.3 is 0 Å². The fraction of sp³-hybridized carbons (Fsp3) is 0.0769. The van der Waals surface area contributed by atoms with E-state index in [2.05, 4.69) is 0 Å². The molecule has 0 amide bonds. The maximum atomic E-state index is 11.3. The van der Waals surface area contributed by atoms with Crippen LogP contribution in [-0.2, 0) is 15.8 Å². The van der Waals surface area contributed by atoms with E-state index in [0.717, 1.165) is 16.2 Å². The van der Waals surface area contributed by atoms with Gasteiger partial charge in [0.25, 0.3) is 0 Å². The SMILES string of the molecule is Nc1cc(SCc2ccc(Cl)cc2)ccc1S(N)(=O)=O. The number of hydrogen-bond donors (Lipinski definition) is 2. The molecule has 106 valence electrons. The second kappa shape index (κ2) is 6.05. The summed E-state index contributed by atoms with van der Waals surface area (Å²) in [6.07, 6.45) is 0. The molecule has 4 N–H and O–H groups in total. The lowest BCUT2D eigenvalue weighted by molar-refractivity contribution is 0.598. The van der Waals surface area contributed by atoms with Gasteiger partial charge < -0.3 is 5.73 Å². The molecule has 0 heterocycles. The highest BCUT2D eigenvalue weighted by Gasteiger charge is 2.12. The molecule has 0 bridgehead atoms. The monoisotopic (exact) mass is 328 g/mol. The van der Waals surface area contributed by atoms with Crippen molar-refractivity contribution in [3.8, 4) is 0 Å². The predicted octanol–water partition coefficient (Wildman–Crippen LogP) is 2.86. The molecular formula is C13H13ClN2O2S2. The highest BCUT2D eigenvalue weighted by Crippen LogP contribution is 2.28. The Morgan fingerprint density at radius 3 is 2.30 bits per heavy atom. The smallest absolute Gasteiger partial charge is 0.240 e. The number of benzene rings is 2. The predicted molar refractivity (Wildman–Crippen MR) is 83.2 cm³/mol. The summed E-state index contributed by atoms with van der Waals surface area (Å²) in [5.41, 5.74) is 6.99. The third-order valence-electron chi connectivity index (χ3n) is 2.61. The molecule has 0 aliphatic rings. The number of halogens is 1. The van der Waals surface area contributed by atoms with E-state index in [0.29, 0.717) is 5.02 Å². The molecule has 0 spiro atoms. The third-order valence-corrected chi connectivity index (χ3v) is 4.91.